The molecule has 25 heavy (non-hydrogen) atoms. The Labute approximate surface area is 151 Å². The normalized spacial score (nSPS) is 10.5. The number of para-hydroxylation sites is 1. The number of aromatic nitrogens is 2. The topological polar surface area (TPSA) is 56.2 Å². The van der Waals surface area contributed by atoms with Crippen molar-refractivity contribution in [3.05, 3.63) is 70.9 Å². The number of carbonyl (C=O) groups is 1. The van der Waals surface area contributed by atoms with Crippen molar-refractivity contribution in [3.63, 3.8) is 0 Å². The van der Waals surface area contributed by atoms with Crippen molar-refractivity contribution in [2.75, 3.05) is 0 Å². The molecule has 1 N–H and O–H groups in total. The highest BCUT2D eigenvalue weighted by Crippen LogP contribution is 2.32. The van der Waals surface area contributed by atoms with Gasteiger partial charge in [0.25, 0.3) is 0 Å². The van der Waals surface area contributed by atoms with Gasteiger partial charge in [-0.2, -0.15) is 5.10 Å². The van der Waals surface area contributed by atoms with E-state index in [1.165, 1.54) is 0 Å². The molecule has 1 aromatic heterocycles. The van der Waals surface area contributed by atoms with E-state index < -0.39 is 0 Å². The largest absolute Gasteiger partial charge is 0.439 e. The summed E-state index contributed by atoms with van der Waals surface area (Å²) in [5.41, 5.74) is 2.60. The number of nitrogens with zero attached hydrogens (tertiary/aromatic N) is 2. The molecule has 1 amide bonds. The zero-order valence-corrected chi connectivity index (χ0v) is 14.5. The average molecular weight is 356 g/mol. The Morgan fingerprint density at radius 1 is 1.20 bits per heavy atom. The summed E-state index contributed by atoms with van der Waals surface area (Å²) >= 11 is 6.06. The van der Waals surface area contributed by atoms with Crippen LogP contribution >= 0.6 is 11.6 Å². The van der Waals surface area contributed by atoms with Crippen LogP contribution < -0.4 is 10.1 Å². The van der Waals surface area contributed by atoms with Gasteiger partial charge in [-0.1, -0.05) is 42.8 Å². The van der Waals surface area contributed by atoms with Crippen molar-refractivity contribution >= 4 is 18.0 Å². The number of carbonyl (C=O) groups excluding carboxylic acids is 1. The number of ether oxygens (including phenoxy) is 1. The van der Waals surface area contributed by atoms with E-state index in [9.17, 15) is 4.79 Å². The van der Waals surface area contributed by atoms with Gasteiger partial charge in [-0.05, 0) is 36.8 Å². The van der Waals surface area contributed by atoms with Gasteiger partial charge in [0, 0.05) is 10.6 Å². The standard InChI is InChI=1S/C19H18ClN3O2/c1-2-17-18(12-21-13-24)22-23(15-8-4-3-5-9-15)19(17)25-16-10-6-7-14(20)11-16/h3-11,13H,2,12H2,1H3,(H,21,24). The number of hydrogen-bond acceptors (Lipinski definition) is 3. The summed E-state index contributed by atoms with van der Waals surface area (Å²) < 4.78 is 7.88. The third-order valence-corrected chi connectivity index (χ3v) is 3.97. The smallest absolute Gasteiger partial charge is 0.226 e. The summed E-state index contributed by atoms with van der Waals surface area (Å²) in [4.78, 5) is 10.7. The first-order valence-electron chi connectivity index (χ1n) is 7.99. The first-order valence-corrected chi connectivity index (χ1v) is 8.37. The maximum Gasteiger partial charge on any atom is 0.226 e. The van der Waals surface area contributed by atoms with Gasteiger partial charge < -0.3 is 10.1 Å². The molecule has 5 nitrogen and oxygen atoms in total. The molecule has 0 fully saturated rings. The summed E-state index contributed by atoms with van der Waals surface area (Å²) in [5.74, 6) is 1.26. The molecule has 0 saturated heterocycles. The fourth-order valence-corrected chi connectivity index (χ4v) is 2.78. The minimum atomic E-state index is 0.346. The van der Waals surface area contributed by atoms with E-state index in [2.05, 4.69) is 10.4 Å². The third-order valence-electron chi connectivity index (χ3n) is 3.74. The summed E-state index contributed by atoms with van der Waals surface area (Å²) in [6, 6.07) is 17.0. The van der Waals surface area contributed by atoms with Crippen LogP contribution in [0.5, 0.6) is 11.6 Å². The number of nitrogens with one attached hydrogen (secondary N) is 1. The van der Waals surface area contributed by atoms with Crippen LogP contribution in [-0.2, 0) is 17.8 Å². The molecule has 0 unspecified atom stereocenters. The summed E-state index contributed by atoms with van der Waals surface area (Å²) in [5, 5.41) is 7.92. The zero-order chi connectivity index (χ0) is 17.6. The molecule has 0 aliphatic heterocycles. The molecular formula is C19H18ClN3O2. The highest BCUT2D eigenvalue weighted by atomic mass is 35.5. The SMILES string of the molecule is CCc1c(CNC=O)nn(-c2ccccc2)c1Oc1cccc(Cl)c1. The van der Waals surface area contributed by atoms with Crippen LogP contribution in [0.25, 0.3) is 5.69 Å². The Bertz CT molecular complexity index is 862. The van der Waals surface area contributed by atoms with Gasteiger partial charge in [-0.3, -0.25) is 4.79 Å². The van der Waals surface area contributed by atoms with Crippen molar-refractivity contribution < 1.29 is 9.53 Å². The number of amides is 1. The molecule has 128 valence electrons. The lowest BCUT2D eigenvalue weighted by atomic mass is 10.2. The van der Waals surface area contributed by atoms with Crippen LogP contribution in [-0.4, -0.2) is 16.2 Å². The molecular weight excluding hydrogens is 338 g/mol. The second-order valence-electron chi connectivity index (χ2n) is 5.39. The minimum Gasteiger partial charge on any atom is -0.439 e. The van der Waals surface area contributed by atoms with Crippen LogP contribution in [0.3, 0.4) is 0 Å². The Morgan fingerprint density at radius 2 is 2.00 bits per heavy atom. The van der Waals surface area contributed by atoms with Crippen LogP contribution in [0, 0.1) is 0 Å². The summed E-state index contributed by atoms with van der Waals surface area (Å²) in [6.45, 7) is 2.38. The first-order chi connectivity index (χ1) is 12.2. The number of rotatable bonds is 7. The molecule has 0 radical (unpaired) electrons. The summed E-state index contributed by atoms with van der Waals surface area (Å²) in [7, 11) is 0. The maximum atomic E-state index is 10.7. The van der Waals surface area contributed by atoms with E-state index in [-0.39, 0.29) is 0 Å². The van der Waals surface area contributed by atoms with E-state index in [1.54, 1.807) is 16.8 Å². The predicted molar refractivity (Wildman–Crippen MR) is 97.4 cm³/mol. The third kappa shape index (κ3) is 3.83. The molecule has 3 aromatic rings. The average Bonchev–Trinajstić information content (AvgIpc) is 2.98. The second kappa shape index (κ2) is 7.85. The van der Waals surface area contributed by atoms with Crippen molar-refractivity contribution in [3.8, 4) is 17.3 Å². The molecule has 0 saturated carbocycles. The van der Waals surface area contributed by atoms with Crippen LogP contribution in [0.2, 0.25) is 5.02 Å². The second-order valence-corrected chi connectivity index (χ2v) is 5.83. The van der Waals surface area contributed by atoms with Crippen LogP contribution in [0.4, 0.5) is 0 Å². The lowest BCUT2D eigenvalue weighted by molar-refractivity contribution is -0.109. The molecule has 2 aromatic carbocycles. The van der Waals surface area contributed by atoms with Crippen LogP contribution in [0.1, 0.15) is 18.2 Å². The maximum absolute atomic E-state index is 10.7. The predicted octanol–water partition coefficient (Wildman–Crippen LogP) is 4.13. The molecule has 0 aliphatic carbocycles. The molecule has 0 bridgehead atoms. The highest BCUT2D eigenvalue weighted by Gasteiger charge is 2.19. The van der Waals surface area contributed by atoms with E-state index in [0.717, 1.165) is 23.4 Å². The molecule has 0 atom stereocenters. The van der Waals surface area contributed by atoms with Crippen molar-refractivity contribution in [2.24, 2.45) is 0 Å². The quantitative estimate of drug-likeness (QED) is 0.648. The Morgan fingerprint density at radius 3 is 2.68 bits per heavy atom. The summed E-state index contributed by atoms with van der Waals surface area (Å²) in [6.07, 6.45) is 1.39. The number of benzene rings is 2. The molecule has 0 aliphatic rings. The van der Waals surface area contributed by atoms with E-state index in [0.29, 0.717) is 29.6 Å². The molecule has 0 spiro atoms. The highest BCUT2D eigenvalue weighted by molar-refractivity contribution is 6.30. The van der Waals surface area contributed by atoms with Gasteiger partial charge in [0.1, 0.15) is 5.75 Å². The fraction of sp³-hybridized carbons (Fsp3) is 0.158. The monoisotopic (exact) mass is 355 g/mol. The van der Waals surface area contributed by atoms with E-state index >= 15 is 0 Å². The first kappa shape index (κ1) is 17.0. The zero-order valence-electron chi connectivity index (χ0n) is 13.8. The van der Waals surface area contributed by atoms with Gasteiger partial charge in [0.05, 0.1) is 17.9 Å². The number of hydrogen-bond donors (Lipinski definition) is 1. The Kier molecular flexibility index (Phi) is 5.36. The Balaban J connectivity index is 2.09. The molecule has 1 heterocycles. The lowest BCUT2D eigenvalue weighted by Crippen LogP contribution is -2.11. The van der Waals surface area contributed by atoms with E-state index in [4.69, 9.17) is 16.3 Å². The van der Waals surface area contributed by atoms with Crippen molar-refractivity contribution in [2.45, 2.75) is 19.9 Å². The lowest BCUT2D eigenvalue weighted by Gasteiger charge is -2.11. The van der Waals surface area contributed by atoms with Crippen molar-refractivity contribution in [1.29, 1.82) is 0 Å². The number of halogens is 1. The minimum absolute atomic E-state index is 0.346. The van der Waals surface area contributed by atoms with Gasteiger partial charge in [0.15, 0.2) is 0 Å². The van der Waals surface area contributed by atoms with Crippen LogP contribution in [0.15, 0.2) is 54.6 Å². The van der Waals surface area contributed by atoms with Crippen molar-refractivity contribution in [1.82, 2.24) is 15.1 Å². The molecule has 3 rings (SSSR count). The van der Waals surface area contributed by atoms with Gasteiger partial charge >= 0.3 is 0 Å². The fourth-order valence-electron chi connectivity index (χ4n) is 2.60. The Hall–Kier alpha value is -2.79. The van der Waals surface area contributed by atoms with E-state index in [1.807, 2.05) is 49.4 Å². The van der Waals surface area contributed by atoms with Gasteiger partial charge in [-0.25, -0.2) is 4.68 Å². The molecule has 6 heteroatoms. The van der Waals surface area contributed by atoms with Gasteiger partial charge in [-0.15, -0.1) is 0 Å². The van der Waals surface area contributed by atoms with Gasteiger partial charge in [0.2, 0.25) is 12.3 Å².